The smallest absolute Gasteiger partial charge is 0.0991 e. The highest BCUT2D eigenvalue weighted by atomic mass is 32.1. The Morgan fingerprint density at radius 2 is 1.45 bits per heavy atom. The van der Waals surface area contributed by atoms with Crippen molar-refractivity contribution in [1.29, 1.82) is 5.26 Å². The molecule has 1 heterocycles. The quantitative estimate of drug-likeness (QED) is 0.183. The zero-order chi connectivity index (χ0) is 29.9. The van der Waals surface area contributed by atoms with Crippen molar-refractivity contribution in [3.05, 3.63) is 162 Å². The van der Waals surface area contributed by atoms with E-state index in [4.69, 9.17) is 16.0 Å². The van der Waals surface area contributed by atoms with Gasteiger partial charge in [0.15, 0.2) is 0 Å². The number of rotatable bonds is 7. The van der Waals surface area contributed by atoms with Crippen LogP contribution in [0.5, 0.6) is 0 Å². The highest BCUT2D eigenvalue weighted by Gasteiger charge is 2.14. The van der Waals surface area contributed by atoms with Crippen LogP contribution in [0, 0.1) is 11.3 Å². The maximum Gasteiger partial charge on any atom is 0.0991 e. The van der Waals surface area contributed by atoms with Crippen LogP contribution in [0.1, 0.15) is 28.3 Å². The molecule has 1 unspecified atom stereocenters. The van der Waals surface area contributed by atoms with Gasteiger partial charge >= 0.3 is 0 Å². The minimum atomic E-state index is -0.348. The minimum Gasteiger partial charge on any atom is -0.355 e. The molecule has 0 saturated heterocycles. The van der Waals surface area contributed by atoms with Gasteiger partial charge in [0.1, 0.15) is 0 Å². The second-order valence-electron chi connectivity index (χ2n) is 10.6. The van der Waals surface area contributed by atoms with Crippen molar-refractivity contribution in [3.8, 4) is 17.2 Å². The molecule has 1 aromatic heterocycles. The fraction of sp³-hybridized carbons (Fsp3) is 0.0256. The van der Waals surface area contributed by atoms with E-state index in [1.807, 2.05) is 60.0 Å². The van der Waals surface area contributed by atoms with Crippen LogP contribution in [0.25, 0.3) is 31.3 Å². The summed E-state index contributed by atoms with van der Waals surface area (Å²) in [7, 11) is 0. The van der Waals surface area contributed by atoms with E-state index in [1.165, 1.54) is 31.3 Å². The van der Waals surface area contributed by atoms with Gasteiger partial charge in [0.2, 0.25) is 0 Å². The molecule has 0 amide bonds. The number of thiophene rings is 1. The van der Waals surface area contributed by atoms with Crippen molar-refractivity contribution in [3.63, 3.8) is 0 Å². The number of nitriles is 1. The summed E-state index contributed by atoms with van der Waals surface area (Å²) < 4.78 is 2.57. The first kappa shape index (κ1) is 27.3. The van der Waals surface area contributed by atoms with Crippen LogP contribution >= 0.6 is 11.3 Å². The number of anilines is 2. The van der Waals surface area contributed by atoms with Crippen LogP contribution in [0.3, 0.4) is 0 Å². The number of nitrogens with one attached hydrogen (secondary N) is 1. The molecular weight excluding hydrogens is 557 g/mol. The number of fused-ring (bicyclic) bond motifs is 3. The number of aliphatic imine (C=N–C) groups is 1. The summed E-state index contributed by atoms with van der Waals surface area (Å²) in [5, 5.41) is 15.3. The average molecular weight is 585 g/mol. The summed E-state index contributed by atoms with van der Waals surface area (Å²) in [6, 6.07) is 49.1. The van der Waals surface area contributed by atoms with Gasteiger partial charge in [-0.15, -0.1) is 11.3 Å². The summed E-state index contributed by atoms with van der Waals surface area (Å²) >= 11 is 1.83. The Balaban J connectivity index is 1.16. The monoisotopic (exact) mass is 584 g/mol. The Hall–Kier alpha value is -5.54. The molecule has 44 heavy (non-hydrogen) atoms. The molecular formula is C39H28N4S. The lowest BCUT2D eigenvalue weighted by Gasteiger charge is -2.15. The molecule has 0 spiro atoms. The van der Waals surface area contributed by atoms with Gasteiger partial charge in [-0.05, 0) is 70.8 Å². The predicted octanol–water partition coefficient (Wildman–Crippen LogP) is 10.1. The maximum atomic E-state index is 9.12. The molecule has 7 aromatic rings. The highest BCUT2D eigenvalue weighted by molar-refractivity contribution is 7.25. The molecule has 3 N–H and O–H groups in total. The fourth-order valence-corrected chi connectivity index (χ4v) is 6.62. The van der Waals surface area contributed by atoms with Gasteiger partial charge in [0.05, 0.1) is 23.4 Å². The van der Waals surface area contributed by atoms with E-state index >= 15 is 0 Å². The Morgan fingerprint density at radius 3 is 2.25 bits per heavy atom. The summed E-state index contributed by atoms with van der Waals surface area (Å²) in [6.07, 6.45) is 1.87. The summed E-state index contributed by atoms with van der Waals surface area (Å²) in [4.78, 5) is 4.80. The predicted molar refractivity (Wildman–Crippen MR) is 185 cm³/mol. The number of para-hydroxylation sites is 1. The molecule has 0 aliphatic heterocycles. The van der Waals surface area contributed by atoms with Gasteiger partial charge in [0.25, 0.3) is 0 Å². The molecule has 4 nitrogen and oxygen atoms in total. The van der Waals surface area contributed by atoms with E-state index in [0.29, 0.717) is 5.56 Å². The first-order valence-corrected chi connectivity index (χ1v) is 15.2. The van der Waals surface area contributed by atoms with Crippen molar-refractivity contribution in [1.82, 2.24) is 0 Å². The Labute approximate surface area is 260 Å². The molecule has 7 rings (SSSR count). The lowest BCUT2D eigenvalue weighted by Crippen LogP contribution is -2.12. The van der Waals surface area contributed by atoms with Crippen molar-refractivity contribution in [2.45, 2.75) is 6.04 Å². The number of nitrogens with two attached hydrogens (primary N) is 1. The molecule has 0 aliphatic rings. The molecule has 1 atom stereocenters. The van der Waals surface area contributed by atoms with Crippen LogP contribution in [0.15, 0.2) is 145 Å². The second kappa shape index (κ2) is 12.0. The van der Waals surface area contributed by atoms with Gasteiger partial charge < -0.3 is 11.1 Å². The normalized spacial score (nSPS) is 12.0. The first-order chi connectivity index (χ1) is 21.7. The van der Waals surface area contributed by atoms with E-state index in [1.54, 1.807) is 12.1 Å². The highest BCUT2D eigenvalue weighted by Crippen LogP contribution is 2.41. The van der Waals surface area contributed by atoms with Gasteiger partial charge in [-0.3, -0.25) is 4.99 Å². The molecule has 6 aromatic carbocycles. The summed E-state index contributed by atoms with van der Waals surface area (Å²) in [5.74, 6) is 0. The maximum absolute atomic E-state index is 9.12. The van der Waals surface area contributed by atoms with Gasteiger partial charge in [-0.25, -0.2) is 0 Å². The van der Waals surface area contributed by atoms with Crippen LogP contribution in [0.2, 0.25) is 0 Å². The van der Waals surface area contributed by atoms with Gasteiger partial charge in [0, 0.05) is 43.3 Å². The Kier molecular flexibility index (Phi) is 7.44. The summed E-state index contributed by atoms with van der Waals surface area (Å²) in [5.41, 5.74) is 15.3. The third-order valence-corrected chi connectivity index (χ3v) is 8.95. The standard InChI is InChI=1S/C39H28N4S/c40-24-26-14-18-29(19-15-26)39(41)32-11-4-6-12-35(32)42-25-27-16-20-30(21-17-27)43-36-22-34-31-10-5-7-13-37(31)44-38(34)23-33(36)28-8-2-1-3-9-28/h1-23,25,39,43H,41H2/b42-25+. The van der Waals surface area contributed by atoms with E-state index < -0.39 is 0 Å². The van der Waals surface area contributed by atoms with E-state index in [2.05, 4.69) is 96.3 Å². The van der Waals surface area contributed by atoms with E-state index in [0.717, 1.165) is 33.8 Å². The molecule has 5 heteroatoms. The minimum absolute atomic E-state index is 0.348. The Bertz CT molecular complexity index is 2160. The van der Waals surface area contributed by atoms with Gasteiger partial charge in [-0.2, -0.15) is 5.26 Å². The largest absolute Gasteiger partial charge is 0.355 e. The third kappa shape index (κ3) is 5.48. The zero-order valence-corrected chi connectivity index (χ0v) is 24.6. The number of hydrogen-bond acceptors (Lipinski definition) is 5. The second-order valence-corrected chi connectivity index (χ2v) is 11.7. The molecule has 0 bridgehead atoms. The van der Waals surface area contributed by atoms with Gasteiger partial charge in [-0.1, -0.05) is 91.0 Å². The average Bonchev–Trinajstić information content (AvgIpc) is 3.45. The number of nitrogens with zero attached hydrogens (tertiary/aromatic N) is 2. The third-order valence-electron chi connectivity index (χ3n) is 7.81. The van der Waals surface area contributed by atoms with Crippen molar-refractivity contribution < 1.29 is 0 Å². The van der Waals surface area contributed by atoms with Crippen LogP contribution < -0.4 is 11.1 Å². The van der Waals surface area contributed by atoms with Crippen LogP contribution in [-0.2, 0) is 0 Å². The van der Waals surface area contributed by atoms with Crippen molar-refractivity contribution in [2.24, 2.45) is 10.7 Å². The van der Waals surface area contributed by atoms with Crippen LogP contribution in [-0.4, -0.2) is 6.21 Å². The molecule has 210 valence electrons. The zero-order valence-electron chi connectivity index (χ0n) is 23.8. The number of hydrogen-bond donors (Lipinski definition) is 2. The van der Waals surface area contributed by atoms with E-state index in [-0.39, 0.29) is 6.04 Å². The molecule has 0 radical (unpaired) electrons. The van der Waals surface area contributed by atoms with Crippen molar-refractivity contribution in [2.75, 3.05) is 5.32 Å². The topological polar surface area (TPSA) is 74.2 Å². The first-order valence-electron chi connectivity index (χ1n) is 14.4. The van der Waals surface area contributed by atoms with Crippen molar-refractivity contribution >= 4 is 54.8 Å². The number of benzene rings is 6. The lowest BCUT2D eigenvalue weighted by molar-refractivity contribution is 0.871. The molecule has 0 saturated carbocycles. The molecule has 0 aliphatic carbocycles. The SMILES string of the molecule is N#Cc1ccc(C(N)c2ccccc2/N=C/c2ccc(Nc3cc4c(cc3-c3ccccc3)sc3ccccc34)cc2)cc1. The molecule has 0 fully saturated rings. The Morgan fingerprint density at radius 1 is 0.727 bits per heavy atom. The van der Waals surface area contributed by atoms with E-state index in [9.17, 15) is 0 Å². The lowest BCUT2D eigenvalue weighted by atomic mass is 9.97. The van der Waals surface area contributed by atoms with Crippen LogP contribution in [0.4, 0.5) is 17.1 Å². The summed E-state index contributed by atoms with van der Waals surface area (Å²) in [6.45, 7) is 0. The fourth-order valence-electron chi connectivity index (χ4n) is 5.50.